The van der Waals surface area contributed by atoms with Crippen LogP contribution in [0.2, 0.25) is 0 Å². The van der Waals surface area contributed by atoms with Crippen molar-refractivity contribution in [3.63, 3.8) is 0 Å². The fraction of sp³-hybridized carbons (Fsp3) is 0.158. The molecule has 0 saturated heterocycles. The molecular weight excluding hydrogens is 387 g/mol. The van der Waals surface area contributed by atoms with E-state index in [4.69, 9.17) is 0 Å². The van der Waals surface area contributed by atoms with Crippen LogP contribution in [0.1, 0.15) is 11.3 Å². The molecular formula is C19H14F3N5O2. The van der Waals surface area contributed by atoms with Gasteiger partial charge in [0.2, 0.25) is 0 Å². The molecule has 0 radical (unpaired) electrons. The van der Waals surface area contributed by atoms with Crippen LogP contribution in [0.25, 0.3) is 22.6 Å². The van der Waals surface area contributed by atoms with Crippen molar-refractivity contribution >= 4 is 5.52 Å². The van der Waals surface area contributed by atoms with Gasteiger partial charge < -0.3 is 4.74 Å². The minimum Gasteiger partial charge on any atom is -0.406 e. The van der Waals surface area contributed by atoms with E-state index in [1.165, 1.54) is 41.2 Å². The van der Waals surface area contributed by atoms with E-state index in [0.717, 1.165) is 4.68 Å². The van der Waals surface area contributed by atoms with Crippen molar-refractivity contribution in [2.24, 2.45) is 0 Å². The first kappa shape index (κ1) is 18.7. The molecule has 0 aliphatic carbocycles. The Labute approximate surface area is 162 Å². The molecule has 4 rings (SSSR count). The zero-order chi connectivity index (χ0) is 20.8. The van der Waals surface area contributed by atoms with E-state index in [1.807, 2.05) is 0 Å². The number of nitrogens with zero attached hydrogens (tertiary/aromatic N) is 5. The third kappa shape index (κ3) is 3.33. The van der Waals surface area contributed by atoms with Crippen molar-refractivity contribution < 1.29 is 17.9 Å². The van der Waals surface area contributed by atoms with Gasteiger partial charge in [-0.05, 0) is 43.2 Å². The first-order chi connectivity index (χ1) is 13.8. The van der Waals surface area contributed by atoms with Crippen molar-refractivity contribution in [1.29, 1.82) is 0 Å². The van der Waals surface area contributed by atoms with Crippen LogP contribution >= 0.6 is 0 Å². The van der Waals surface area contributed by atoms with Gasteiger partial charge >= 0.3 is 12.1 Å². The van der Waals surface area contributed by atoms with E-state index in [9.17, 15) is 18.0 Å². The molecule has 0 aliphatic rings. The predicted molar refractivity (Wildman–Crippen MR) is 98.0 cm³/mol. The molecule has 0 spiro atoms. The highest BCUT2D eigenvalue weighted by molar-refractivity contribution is 5.79. The number of halogens is 3. The summed E-state index contributed by atoms with van der Waals surface area (Å²) in [4.78, 5) is 21.1. The smallest absolute Gasteiger partial charge is 0.406 e. The number of aryl methyl sites for hydroxylation is 2. The number of fused-ring (bicyclic) bond motifs is 1. The summed E-state index contributed by atoms with van der Waals surface area (Å²) in [5, 5.41) is 4.14. The van der Waals surface area contributed by atoms with Crippen LogP contribution in [-0.2, 0) is 0 Å². The maximum atomic E-state index is 13.0. The second-order valence-corrected chi connectivity index (χ2v) is 6.27. The summed E-state index contributed by atoms with van der Waals surface area (Å²) >= 11 is 0. The summed E-state index contributed by atoms with van der Waals surface area (Å²) in [6, 6.07) is 7.25. The summed E-state index contributed by atoms with van der Waals surface area (Å²) in [5.41, 5.74) is 2.44. The van der Waals surface area contributed by atoms with Crippen molar-refractivity contribution in [3.8, 4) is 22.8 Å². The van der Waals surface area contributed by atoms with Gasteiger partial charge in [-0.3, -0.25) is 4.40 Å². The minimum atomic E-state index is -4.79. The molecule has 0 fully saturated rings. The summed E-state index contributed by atoms with van der Waals surface area (Å²) in [6.07, 6.45) is -0.306. The zero-order valence-electron chi connectivity index (χ0n) is 15.3. The molecule has 0 atom stereocenters. The Bertz CT molecular complexity index is 1260. The summed E-state index contributed by atoms with van der Waals surface area (Å²) in [6.45, 7) is 3.49. The van der Waals surface area contributed by atoms with E-state index in [-0.39, 0.29) is 11.7 Å². The Morgan fingerprint density at radius 3 is 2.48 bits per heavy atom. The SMILES string of the molecule is Cc1c(-c2cccc(OC(F)(F)F)c2)c(C)n2c(=O)n(-c3ncccn3)ncc12. The summed E-state index contributed by atoms with van der Waals surface area (Å²) in [5.74, 6) is -0.218. The molecule has 0 amide bonds. The fourth-order valence-electron chi connectivity index (χ4n) is 3.33. The van der Waals surface area contributed by atoms with Crippen LogP contribution in [0.5, 0.6) is 5.75 Å². The average Bonchev–Trinajstić information content (AvgIpc) is 2.92. The molecule has 4 aromatic rings. The molecule has 1 aromatic carbocycles. The number of benzene rings is 1. The topological polar surface area (TPSA) is 74.3 Å². The van der Waals surface area contributed by atoms with E-state index in [1.54, 1.807) is 26.0 Å². The molecule has 3 aromatic heterocycles. The van der Waals surface area contributed by atoms with Gasteiger partial charge in [0, 0.05) is 23.7 Å². The average molecular weight is 401 g/mol. The predicted octanol–water partition coefficient (Wildman–Crippen LogP) is 3.46. The van der Waals surface area contributed by atoms with Crippen molar-refractivity contribution in [2.45, 2.75) is 20.2 Å². The van der Waals surface area contributed by atoms with Crippen molar-refractivity contribution in [1.82, 2.24) is 24.1 Å². The molecule has 0 N–H and O–H groups in total. The van der Waals surface area contributed by atoms with Gasteiger partial charge in [-0.2, -0.15) is 5.10 Å². The second-order valence-electron chi connectivity index (χ2n) is 6.27. The molecule has 148 valence electrons. The van der Waals surface area contributed by atoms with Gasteiger partial charge in [-0.15, -0.1) is 17.9 Å². The fourth-order valence-corrected chi connectivity index (χ4v) is 3.33. The largest absolute Gasteiger partial charge is 0.573 e. The molecule has 29 heavy (non-hydrogen) atoms. The summed E-state index contributed by atoms with van der Waals surface area (Å²) in [7, 11) is 0. The quantitative estimate of drug-likeness (QED) is 0.526. The third-order valence-electron chi connectivity index (χ3n) is 4.46. The van der Waals surface area contributed by atoms with Crippen LogP contribution in [-0.4, -0.2) is 30.5 Å². The Hall–Kier alpha value is -3.69. The monoisotopic (exact) mass is 401 g/mol. The number of aromatic nitrogens is 5. The molecule has 0 saturated carbocycles. The van der Waals surface area contributed by atoms with Gasteiger partial charge in [-0.1, -0.05) is 12.1 Å². The van der Waals surface area contributed by atoms with Gasteiger partial charge in [0.1, 0.15) is 5.75 Å². The highest BCUT2D eigenvalue weighted by Crippen LogP contribution is 2.34. The maximum Gasteiger partial charge on any atom is 0.573 e. The molecule has 3 heterocycles. The van der Waals surface area contributed by atoms with Crippen molar-refractivity contribution in [2.75, 3.05) is 0 Å². The van der Waals surface area contributed by atoms with Crippen LogP contribution in [0, 0.1) is 13.8 Å². The number of hydrogen-bond donors (Lipinski definition) is 0. The summed E-state index contributed by atoms with van der Waals surface area (Å²) < 4.78 is 44.2. The van der Waals surface area contributed by atoms with E-state index < -0.39 is 12.1 Å². The van der Waals surface area contributed by atoms with Gasteiger partial charge in [-0.25, -0.2) is 14.8 Å². The van der Waals surface area contributed by atoms with Crippen LogP contribution in [0.4, 0.5) is 13.2 Å². The number of hydrogen-bond acceptors (Lipinski definition) is 5. The van der Waals surface area contributed by atoms with E-state index in [0.29, 0.717) is 27.9 Å². The Morgan fingerprint density at radius 2 is 1.79 bits per heavy atom. The normalized spacial score (nSPS) is 11.8. The number of rotatable bonds is 3. The third-order valence-corrected chi connectivity index (χ3v) is 4.46. The van der Waals surface area contributed by atoms with Gasteiger partial charge in [0.05, 0.1) is 11.7 Å². The molecule has 0 bridgehead atoms. The Kier molecular flexibility index (Phi) is 4.33. The molecule has 7 nitrogen and oxygen atoms in total. The van der Waals surface area contributed by atoms with E-state index in [2.05, 4.69) is 19.8 Å². The van der Waals surface area contributed by atoms with Crippen LogP contribution < -0.4 is 10.4 Å². The maximum absolute atomic E-state index is 13.0. The Morgan fingerprint density at radius 1 is 1.07 bits per heavy atom. The molecule has 10 heteroatoms. The lowest BCUT2D eigenvalue weighted by Crippen LogP contribution is -2.29. The van der Waals surface area contributed by atoms with Gasteiger partial charge in [0.25, 0.3) is 5.95 Å². The van der Waals surface area contributed by atoms with Crippen LogP contribution in [0.15, 0.2) is 53.7 Å². The first-order valence-electron chi connectivity index (χ1n) is 8.50. The highest BCUT2D eigenvalue weighted by Gasteiger charge is 2.31. The molecule has 0 aliphatic heterocycles. The van der Waals surface area contributed by atoms with Crippen molar-refractivity contribution in [3.05, 3.63) is 70.7 Å². The van der Waals surface area contributed by atoms with Crippen LogP contribution in [0.3, 0.4) is 0 Å². The highest BCUT2D eigenvalue weighted by atomic mass is 19.4. The lowest BCUT2D eigenvalue weighted by Gasteiger charge is -2.10. The molecule has 0 unspecified atom stereocenters. The standard InChI is InChI=1S/C19H14F3N5O2/c1-11-15-10-25-27(17-23-7-4-8-24-17)18(28)26(15)12(2)16(11)13-5-3-6-14(9-13)29-19(20,21)22/h3-10H,1-2H3. The number of ether oxygens (including phenoxy) is 1. The second kappa shape index (κ2) is 6.73. The van der Waals surface area contributed by atoms with Gasteiger partial charge in [0.15, 0.2) is 0 Å². The lowest BCUT2D eigenvalue weighted by molar-refractivity contribution is -0.274. The first-order valence-corrected chi connectivity index (χ1v) is 8.50. The Balaban J connectivity index is 1.91. The zero-order valence-corrected chi connectivity index (χ0v) is 15.3. The lowest BCUT2D eigenvalue weighted by atomic mass is 10.0. The number of alkyl halides is 3. The minimum absolute atomic E-state index is 0.118. The van der Waals surface area contributed by atoms with E-state index >= 15 is 0 Å².